The number of unbranched alkanes of at least 4 members (excludes halogenated alkanes) is 9. The van der Waals surface area contributed by atoms with Crippen molar-refractivity contribution in [1.29, 1.82) is 0 Å². The molecule has 2 atom stereocenters. The number of hydrogen-bond acceptors (Lipinski definition) is 0. The fourth-order valence-corrected chi connectivity index (χ4v) is 3.10. The minimum atomic E-state index is 0. The molecule has 0 bridgehead atoms. The monoisotopic (exact) mass is 815 g/mol. The molecule has 0 aromatic rings. The van der Waals surface area contributed by atoms with E-state index in [4.69, 9.17) is 0 Å². The van der Waals surface area contributed by atoms with Gasteiger partial charge in [0.2, 0.25) is 0 Å². The predicted molar refractivity (Wildman–Crippen MR) is 93.7 cm³/mol. The maximum absolute atomic E-state index is 2.46. The van der Waals surface area contributed by atoms with E-state index in [-0.39, 0.29) is 0 Å². The molecule has 0 aromatic heterocycles. The zero-order valence-electron chi connectivity index (χ0n) is 16.2. The summed E-state index contributed by atoms with van der Waals surface area (Å²) in [6, 6.07) is 0. The third-order valence-electron chi connectivity index (χ3n) is 4.39. The fourth-order valence-electron chi connectivity index (χ4n) is 3.10. The first-order chi connectivity index (χ1) is 9.70. The van der Waals surface area contributed by atoms with E-state index in [0.29, 0.717) is 0 Å². The third-order valence-corrected chi connectivity index (χ3v) is 4.39. The second-order valence-electron chi connectivity index (χ2n) is 6.83. The second-order valence-corrected chi connectivity index (χ2v) is 6.83. The molecule has 2 heteroatoms. The van der Waals surface area contributed by atoms with Crippen LogP contribution >= 0.6 is 0 Å². The number of rotatable bonds is 15. The third kappa shape index (κ3) is 18.0. The van der Waals surface area contributed by atoms with Gasteiger partial charge in [0.25, 0.3) is 0 Å². The van der Waals surface area contributed by atoms with E-state index in [2.05, 4.69) is 40.5 Å². The summed E-state index contributed by atoms with van der Waals surface area (Å²) in [6.45, 7) is 9.33. The van der Waals surface area contributed by atoms with Crippen LogP contribution in [0.3, 0.4) is 0 Å². The first-order valence-electron chi connectivity index (χ1n) is 9.30. The van der Waals surface area contributed by atoms with Crippen molar-refractivity contribution in [2.45, 2.75) is 105 Å². The Hall–Kier alpha value is -2.00. The van der Waals surface area contributed by atoms with Crippen molar-refractivity contribution in [3.05, 3.63) is 12.8 Å². The zero-order valence-corrected chi connectivity index (χ0v) is 29.0. The van der Waals surface area contributed by atoms with E-state index in [1.165, 1.54) is 77.0 Å². The first kappa shape index (κ1) is 25.0. The zero-order chi connectivity index (χ0) is 15.1. The molecule has 0 aliphatic heterocycles. The molecule has 0 nitrogen and oxygen atoms in total. The van der Waals surface area contributed by atoms with E-state index in [9.17, 15) is 0 Å². The first-order valence-corrected chi connectivity index (χ1v) is 9.30. The Morgan fingerprint density at radius 2 is 1.23 bits per heavy atom. The Morgan fingerprint density at radius 1 is 0.727 bits per heavy atom. The van der Waals surface area contributed by atoms with Gasteiger partial charge in [0.1, 0.15) is 0 Å². The molecule has 0 amide bonds. The molecule has 2 unspecified atom stereocenters. The molecule has 0 aromatic carbocycles. The van der Waals surface area contributed by atoms with Crippen LogP contribution in [0, 0.1) is 24.7 Å². The van der Waals surface area contributed by atoms with Gasteiger partial charge in [0.05, 0.1) is 0 Å². The molecule has 0 aliphatic rings. The molecule has 0 saturated carbocycles. The Kier molecular flexibility index (Phi) is 21.6. The maximum Gasteiger partial charge on any atom is 0 e. The summed E-state index contributed by atoms with van der Waals surface area (Å²) in [5.41, 5.74) is 0. The normalized spacial score (nSPS) is 13.1. The molecule has 22 heavy (non-hydrogen) atoms. The standard InChI is InChI=1S/C20H40.2Rf/c1-5-7-9-11-13-15-17-20(4)18-19(3)16-14-12-10-8-6-2;;/h6-7,19-20H,5,8-18H2,1-4H3;;/q-2;;. The average molecular weight is 815 g/mol. The SMILES string of the molecule is C[CH-]CCCCCC(C)CC(C)CCCCC[CH-]CC.[Rf].[Rf]. The summed E-state index contributed by atoms with van der Waals surface area (Å²) in [5, 5.41) is 0. The van der Waals surface area contributed by atoms with Gasteiger partial charge >= 0.3 is 0 Å². The van der Waals surface area contributed by atoms with Crippen molar-refractivity contribution >= 4 is 0 Å². The summed E-state index contributed by atoms with van der Waals surface area (Å²) >= 11 is 0. The average Bonchev–Trinajstić information content (AvgIpc) is 2.42. The molecule has 0 heterocycles. The van der Waals surface area contributed by atoms with Crippen LogP contribution in [0.2, 0.25) is 0 Å². The van der Waals surface area contributed by atoms with E-state index in [1.807, 2.05) is 0 Å². The summed E-state index contributed by atoms with van der Waals surface area (Å²) in [7, 11) is 0. The largest absolute Gasteiger partial charge is 0.332 e. The molecule has 0 spiro atoms. The summed E-state index contributed by atoms with van der Waals surface area (Å²) < 4.78 is 0. The Balaban J connectivity index is -0.00000180. The van der Waals surface area contributed by atoms with Crippen molar-refractivity contribution in [2.24, 2.45) is 11.8 Å². The maximum atomic E-state index is 2.46. The van der Waals surface area contributed by atoms with E-state index in [1.54, 1.807) is 0 Å². The molecule has 0 radical (unpaired) electrons. The number of hydrogen-bond donors (Lipinski definition) is 0. The van der Waals surface area contributed by atoms with Gasteiger partial charge < -0.3 is 12.8 Å². The van der Waals surface area contributed by atoms with Gasteiger partial charge in [0.15, 0.2) is 0 Å². The van der Waals surface area contributed by atoms with Crippen LogP contribution in [0.1, 0.15) is 105 Å². The van der Waals surface area contributed by atoms with Crippen LogP contribution in [-0.2, 0) is 0 Å². The van der Waals surface area contributed by atoms with Gasteiger partial charge in [-0.15, -0.1) is 0 Å². The van der Waals surface area contributed by atoms with E-state index in [0.717, 1.165) is 11.8 Å². The molecule has 0 aliphatic carbocycles. The van der Waals surface area contributed by atoms with Crippen LogP contribution in [-0.4, -0.2) is 0 Å². The smallest absolute Gasteiger partial charge is 0 e. The van der Waals surface area contributed by atoms with Crippen molar-refractivity contribution < 1.29 is 0 Å². The van der Waals surface area contributed by atoms with Gasteiger partial charge in [0, 0.05) is 0 Å². The van der Waals surface area contributed by atoms with Crippen molar-refractivity contribution in [2.75, 3.05) is 0 Å². The minimum absolute atomic E-state index is 0. The van der Waals surface area contributed by atoms with Gasteiger partial charge in [-0.05, 0) is 18.3 Å². The van der Waals surface area contributed by atoms with E-state index < -0.39 is 0 Å². The summed E-state index contributed by atoms with van der Waals surface area (Å²) in [5.74, 6) is 1.87. The van der Waals surface area contributed by atoms with Crippen molar-refractivity contribution in [3.63, 3.8) is 0 Å². The second kappa shape index (κ2) is 19.0. The predicted octanol–water partition coefficient (Wildman–Crippen LogP) is 7.39. The Labute approximate surface area is 130 Å². The molecular formula is C20H40Rf2-2. The van der Waals surface area contributed by atoms with Gasteiger partial charge in [-0.2, -0.15) is 26.2 Å². The minimum Gasteiger partial charge on any atom is -0.332 e. The van der Waals surface area contributed by atoms with Crippen LogP contribution < -0.4 is 0 Å². The summed E-state index contributed by atoms with van der Waals surface area (Å²) in [4.78, 5) is 0. The summed E-state index contributed by atoms with van der Waals surface area (Å²) in [6.07, 6.45) is 21.5. The molecule has 0 saturated heterocycles. The van der Waals surface area contributed by atoms with Gasteiger partial charge in [-0.25, -0.2) is 0 Å². The molecular weight excluding hydrogens is 774 g/mol. The van der Waals surface area contributed by atoms with Crippen LogP contribution in [0.5, 0.6) is 0 Å². The molecule has 0 fully saturated rings. The molecule has 0 rings (SSSR count). The van der Waals surface area contributed by atoms with Gasteiger partial charge in [-0.3, -0.25) is 0 Å². The van der Waals surface area contributed by atoms with Crippen molar-refractivity contribution in [3.8, 4) is 0 Å². The molecule has 0 N–H and O–H groups in total. The fraction of sp³-hybridized carbons (Fsp3) is 0.900. The Bertz CT molecular complexity index is 183. The van der Waals surface area contributed by atoms with Crippen LogP contribution in [0.25, 0.3) is 0 Å². The Morgan fingerprint density at radius 3 is 1.68 bits per heavy atom. The van der Waals surface area contributed by atoms with E-state index >= 15 is 0 Å². The van der Waals surface area contributed by atoms with Crippen LogP contribution in [0.15, 0.2) is 0 Å². The van der Waals surface area contributed by atoms with Crippen LogP contribution in [0.4, 0.5) is 0 Å². The van der Waals surface area contributed by atoms with Crippen molar-refractivity contribution in [1.82, 2.24) is 0 Å². The van der Waals surface area contributed by atoms with Gasteiger partial charge in [-0.1, -0.05) is 72.1 Å². The molecule has 126 valence electrons. The topological polar surface area (TPSA) is 0 Å². The quantitative estimate of drug-likeness (QED) is 0.120.